The number of rotatable bonds is 6. The van der Waals surface area contributed by atoms with E-state index in [1.807, 2.05) is 52.8 Å². The minimum Gasteiger partial charge on any atom is -0.491 e. The minimum absolute atomic E-state index is 0.124. The summed E-state index contributed by atoms with van der Waals surface area (Å²) in [7, 11) is 0. The van der Waals surface area contributed by atoms with E-state index >= 15 is 0 Å². The highest BCUT2D eigenvalue weighted by Crippen LogP contribution is 2.40. The maximum atomic E-state index is 5.79. The normalized spacial score (nSPS) is 13.5. The van der Waals surface area contributed by atoms with Crippen molar-refractivity contribution in [1.82, 2.24) is 0 Å². The summed E-state index contributed by atoms with van der Waals surface area (Å²) in [5, 5.41) is 0. The van der Waals surface area contributed by atoms with Crippen molar-refractivity contribution in [3.63, 3.8) is 0 Å². The fourth-order valence-corrected chi connectivity index (χ4v) is 3.22. The molecule has 0 amide bonds. The van der Waals surface area contributed by atoms with E-state index < -0.39 is 0 Å². The van der Waals surface area contributed by atoms with Crippen molar-refractivity contribution in [1.29, 1.82) is 0 Å². The Hall–Kier alpha value is -1.45. The van der Waals surface area contributed by atoms with Crippen molar-refractivity contribution >= 4 is 11.8 Å². The van der Waals surface area contributed by atoms with E-state index in [0.717, 1.165) is 12.2 Å². The Morgan fingerprint density at radius 3 is 2.42 bits per heavy atom. The Bertz CT molecular complexity index is 594. The molecule has 2 rings (SSSR count). The highest BCUT2D eigenvalue weighted by atomic mass is 32.2. The molecule has 1 heterocycles. The number of thioether (sulfide) groups is 1. The topological polar surface area (TPSA) is 18.5 Å². The Morgan fingerprint density at radius 1 is 1.12 bits per heavy atom. The van der Waals surface area contributed by atoms with Crippen molar-refractivity contribution in [2.75, 3.05) is 13.2 Å². The average molecular weight is 347 g/mol. The van der Waals surface area contributed by atoms with Crippen LogP contribution in [0.1, 0.15) is 40.2 Å². The second-order valence-corrected chi connectivity index (χ2v) is 7.24. The zero-order valence-corrected chi connectivity index (χ0v) is 16.5. The number of benzene rings is 1. The van der Waals surface area contributed by atoms with Crippen LogP contribution in [0.3, 0.4) is 0 Å². The summed E-state index contributed by atoms with van der Waals surface area (Å²) in [5.41, 5.74) is 2.38. The van der Waals surface area contributed by atoms with Crippen LogP contribution in [0.4, 0.5) is 0 Å². The summed E-state index contributed by atoms with van der Waals surface area (Å²) in [6.45, 7) is 19.1. The molecule has 1 aromatic carbocycles. The fraction of sp³-hybridized carbons (Fsp3) is 0.429. The van der Waals surface area contributed by atoms with E-state index in [-0.39, 0.29) is 5.60 Å². The van der Waals surface area contributed by atoms with E-state index in [9.17, 15) is 0 Å². The first-order chi connectivity index (χ1) is 11.4. The molecule has 3 heteroatoms. The highest BCUT2D eigenvalue weighted by Gasteiger charge is 2.16. The van der Waals surface area contributed by atoms with Crippen LogP contribution in [0.15, 0.2) is 58.9 Å². The first-order valence-electron chi connectivity index (χ1n) is 8.48. The molecule has 1 aliphatic heterocycles. The number of allylic oxidation sites excluding steroid dienone is 3. The summed E-state index contributed by atoms with van der Waals surface area (Å²) in [4.78, 5) is 2.45. The lowest BCUT2D eigenvalue weighted by Crippen LogP contribution is -2.22. The molecule has 0 saturated heterocycles. The second kappa shape index (κ2) is 9.75. The van der Waals surface area contributed by atoms with Gasteiger partial charge in [-0.25, -0.2) is 0 Å². The van der Waals surface area contributed by atoms with Crippen LogP contribution in [-0.2, 0) is 11.2 Å². The molecule has 0 atom stereocenters. The molecular formula is C21H30O2S. The van der Waals surface area contributed by atoms with Gasteiger partial charge in [-0.1, -0.05) is 50.9 Å². The Labute approximate surface area is 151 Å². The Kier molecular flexibility index (Phi) is 8.37. The average Bonchev–Trinajstić information content (AvgIpc) is 2.58. The van der Waals surface area contributed by atoms with Gasteiger partial charge in [0.15, 0.2) is 0 Å². The Balaban J connectivity index is 0.00000139. The summed E-state index contributed by atoms with van der Waals surface area (Å²) in [6.07, 6.45) is 4.69. The zero-order valence-electron chi connectivity index (χ0n) is 15.6. The molecule has 0 fully saturated rings. The van der Waals surface area contributed by atoms with Gasteiger partial charge in [-0.2, -0.15) is 0 Å². The third kappa shape index (κ3) is 6.21. The van der Waals surface area contributed by atoms with Crippen LogP contribution in [0.25, 0.3) is 0 Å². The molecule has 0 aliphatic carbocycles. The highest BCUT2D eigenvalue weighted by molar-refractivity contribution is 8.03. The molecule has 1 aliphatic rings. The van der Waals surface area contributed by atoms with Gasteiger partial charge in [0.2, 0.25) is 0 Å². The number of ether oxygens (including phenoxy) is 2. The molecule has 132 valence electrons. The summed E-state index contributed by atoms with van der Waals surface area (Å²) in [6, 6.07) is 6.24. The lowest BCUT2D eigenvalue weighted by molar-refractivity contribution is -0.0163. The van der Waals surface area contributed by atoms with Crippen LogP contribution in [0, 0.1) is 0 Å². The maximum absolute atomic E-state index is 5.79. The smallest absolute Gasteiger partial charge is 0.119 e. The molecule has 0 spiro atoms. The van der Waals surface area contributed by atoms with Gasteiger partial charge >= 0.3 is 0 Å². The fourth-order valence-electron chi connectivity index (χ4n) is 2.21. The van der Waals surface area contributed by atoms with Crippen molar-refractivity contribution in [3.05, 3.63) is 59.6 Å². The summed E-state index contributed by atoms with van der Waals surface area (Å²) < 4.78 is 11.5. The quantitative estimate of drug-likeness (QED) is 0.573. The lowest BCUT2D eigenvalue weighted by atomic mass is 10.0. The van der Waals surface area contributed by atoms with E-state index in [0.29, 0.717) is 13.2 Å². The van der Waals surface area contributed by atoms with Gasteiger partial charge in [0, 0.05) is 9.80 Å². The van der Waals surface area contributed by atoms with Crippen molar-refractivity contribution in [2.24, 2.45) is 0 Å². The van der Waals surface area contributed by atoms with Crippen molar-refractivity contribution in [3.8, 4) is 5.75 Å². The second-order valence-electron chi connectivity index (χ2n) is 6.16. The van der Waals surface area contributed by atoms with Crippen molar-refractivity contribution in [2.45, 2.75) is 51.5 Å². The van der Waals surface area contributed by atoms with Crippen LogP contribution in [0.2, 0.25) is 0 Å². The van der Waals surface area contributed by atoms with E-state index in [1.165, 1.54) is 20.9 Å². The molecule has 0 aromatic heterocycles. The van der Waals surface area contributed by atoms with Gasteiger partial charge in [-0.15, -0.1) is 0 Å². The van der Waals surface area contributed by atoms with E-state index in [2.05, 4.69) is 25.3 Å². The molecule has 2 nitrogen and oxygen atoms in total. The maximum Gasteiger partial charge on any atom is 0.119 e. The van der Waals surface area contributed by atoms with Gasteiger partial charge in [0.25, 0.3) is 0 Å². The van der Waals surface area contributed by atoms with E-state index in [4.69, 9.17) is 9.47 Å². The standard InChI is InChI=1S/C19H24O2S.C2H6/c1-6-14-12-15-13-16(20-10-11-21-19(3,4)5)8-9-18(15)22-17(14)7-2;1-2/h6-9,13H,1-2,10-12H2,3-5H3;1-2H3. The molecule has 1 aromatic rings. The molecular weight excluding hydrogens is 316 g/mol. The zero-order chi connectivity index (χ0) is 18.2. The van der Waals surface area contributed by atoms with Gasteiger partial charge in [0.1, 0.15) is 12.4 Å². The SMILES string of the molecule is C=CC1=C(C=C)Sc2ccc(OCCOC(C)(C)C)cc2C1.CC. The molecule has 0 saturated carbocycles. The van der Waals surface area contributed by atoms with Gasteiger partial charge < -0.3 is 9.47 Å². The number of hydrogen-bond acceptors (Lipinski definition) is 3. The Morgan fingerprint density at radius 2 is 1.83 bits per heavy atom. The predicted octanol–water partition coefficient (Wildman–Crippen LogP) is 6.18. The van der Waals surface area contributed by atoms with Crippen molar-refractivity contribution < 1.29 is 9.47 Å². The summed E-state index contributed by atoms with van der Waals surface area (Å²) >= 11 is 1.74. The molecule has 0 N–H and O–H groups in total. The first kappa shape index (κ1) is 20.6. The molecule has 0 radical (unpaired) electrons. The van der Waals surface area contributed by atoms with E-state index in [1.54, 1.807) is 11.8 Å². The molecule has 0 bridgehead atoms. The van der Waals surface area contributed by atoms with Crippen LogP contribution < -0.4 is 4.74 Å². The summed E-state index contributed by atoms with van der Waals surface area (Å²) in [5.74, 6) is 0.891. The molecule has 0 unspecified atom stereocenters. The first-order valence-corrected chi connectivity index (χ1v) is 9.30. The van der Waals surface area contributed by atoms with Gasteiger partial charge in [0.05, 0.1) is 12.2 Å². The lowest BCUT2D eigenvalue weighted by Gasteiger charge is -2.21. The van der Waals surface area contributed by atoms with Gasteiger partial charge in [-0.3, -0.25) is 0 Å². The third-order valence-corrected chi connectivity index (χ3v) is 4.54. The van der Waals surface area contributed by atoms with Gasteiger partial charge in [-0.05, 0) is 56.5 Å². The number of hydrogen-bond donors (Lipinski definition) is 0. The largest absolute Gasteiger partial charge is 0.491 e. The predicted molar refractivity (Wildman–Crippen MR) is 106 cm³/mol. The molecule has 24 heavy (non-hydrogen) atoms. The monoisotopic (exact) mass is 346 g/mol. The van der Waals surface area contributed by atoms with Crippen LogP contribution in [0.5, 0.6) is 5.75 Å². The minimum atomic E-state index is -0.124. The number of fused-ring (bicyclic) bond motifs is 1. The third-order valence-electron chi connectivity index (χ3n) is 3.27. The van der Waals surface area contributed by atoms with Crippen LogP contribution in [-0.4, -0.2) is 18.8 Å². The van der Waals surface area contributed by atoms with Crippen LogP contribution >= 0.6 is 11.8 Å².